The summed E-state index contributed by atoms with van der Waals surface area (Å²) >= 11 is 0. The highest BCUT2D eigenvalue weighted by atomic mass is 16.3. The summed E-state index contributed by atoms with van der Waals surface area (Å²) in [5, 5.41) is 12.0. The normalized spacial score (nSPS) is 10.0. The summed E-state index contributed by atoms with van der Waals surface area (Å²) < 4.78 is 5.05. The van der Waals surface area contributed by atoms with Crippen molar-refractivity contribution in [2.24, 2.45) is 0 Å². The van der Waals surface area contributed by atoms with Gasteiger partial charge < -0.3 is 14.8 Å². The Bertz CT molecular complexity index is 480. The monoisotopic (exact) mass is 218 g/mol. The lowest BCUT2D eigenvalue weighted by Gasteiger charge is -2.03. The van der Waals surface area contributed by atoms with Crippen LogP contribution in [0.5, 0.6) is 5.75 Å². The van der Waals surface area contributed by atoms with Gasteiger partial charge in [0, 0.05) is 6.20 Å². The topological polar surface area (TPSA) is 75.4 Å². The lowest BCUT2D eigenvalue weighted by atomic mass is 10.3. The molecule has 0 aliphatic rings. The molecule has 5 nitrogen and oxygen atoms in total. The Hall–Kier alpha value is -2.30. The highest BCUT2D eigenvalue weighted by molar-refractivity contribution is 5.94. The van der Waals surface area contributed by atoms with Crippen molar-refractivity contribution in [3.8, 4) is 5.75 Å². The molecule has 2 heterocycles. The van der Waals surface area contributed by atoms with Gasteiger partial charge in [-0.1, -0.05) is 0 Å². The molecule has 0 saturated heterocycles. The molecule has 1 amide bonds. The van der Waals surface area contributed by atoms with Gasteiger partial charge in [0.1, 0.15) is 11.5 Å². The number of nitrogens with zero attached hydrogens (tertiary/aromatic N) is 1. The van der Waals surface area contributed by atoms with Crippen LogP contribution in [0.15, 0.2) is 41.1 Å². The van der Waals surface area contributed by atoms with E-state index in [1.165, 1.54) is 18.5 Å². The van der Waals surface area contributed by atoms with E-state index < -0.39 is 5.91 Å². The number of nitrogens with one attached hydrogen (secondary N) is 1. The Morgan fingerprint density at radius 2 is 2.31 bits per heavy atom. The van der Waals surface area contributed by atoms with Gasteiger partial charge >= 0.3 is 0 Å². The van der Waals surface area contributed by atoms with Crippen molar-refractivity contribution in [3.05, 3.63) is 48.2 Å². The molecule has 0 aliphatic carbocycles. The average Bonchev–Trinajstić information content (AvgIpc) is 2.79. The summed E-state index contributed by atoms with van der Waals surface area (Å²) in [7, 11) is 0. The molecule has 16 heavy (non-hydrogen) atoms. The molecule has 0 bridgehead atoms. The van der Waals surface area contributed by atoms with E-state index in [1.807, 2.05) is 0 Å². The second kappa shape index (κ2) is 4.48. The molecule has 0 radical (unpaired) electrons. The lowest BCUT2D eigenvalue weighted by Crippen LogP contribution is -2.23. The predicted octanol–water partition coefficient (Wildman–Crippen LogP) is 1.31. The minimum Gasteiger partial charge on any atom is -0.505 e. The van der Waals surface area contributed by atoms with Crippen LogP contribution in [0.25, 0.3) is 0 Å². The quantitative estimate of drug-likeness (QED) is 0.814. The maximum atomic E-state index is 11.6. The molecule has 5 heteroatoms. The van der Waals surface area contributed by atoms with Gasteiger partial charge in [0.15, 0.2) is 5.69 Å². The van der Waals surface area contributed by atoms with Crippen molar-refractivity contribution >= 4 is 5.91 Å². The predicted molar refractivity (Wildman–Crippen MR) is 55.8 cm³/mol. The molecule has 0 aliphatic heterocycles. The van der Waals surface area contributed by atoms with Crippen molar-refractivity contribution in [3.63, 3.8) is 0 Å². The minimum atomic E-state index is -0.436. The lowest BCUT2D eigenvalue weighted by molar-refractivity contribution is 0.0940. The summed E-state index contributed by atoms with van der Waals surface area (Å²) in [5.74, 6) is 0.0673. The maximum absolute atomic E-state index is 11.6. The van der Waals surface area contributed by atoms with Crippen LogP contribution in [0, 0.1) is 0 Å². The summed E-state index contributed by atoms with van der Waals surface area (Å²) in [6.07, 6.45) is 2.97. The van der Waals surface area contributed by atoms with Gasteiger partial charge in [-0.3, -0.25) is 4.79 Å². The van der Waals surface area contributed by atoms with E-state index in [0.717, 1.165) is 0 Å². The molecule has 0 saturated carbocycles. The zero-order valence-corrected chi connectivity index (χ0v) is 8.38. The van der Waals surface area contributed by atoms with Gasteiger partial charge in [-0.2, -0.15) is 0 Å². The fraction of sp³-hybridized carbons (Fsp3) is 0.0909. The summed E-state index contributed by atoms with van der Waals surface area (Å²) in [6, 6.07) is 6.45. The Morgan fingerprint density at radius 1 is 1.44 bits per heavy atom. The molecule has 0 atom stereocenters. The van der Waals surface area contributed by atoms with E-state index in [-0.39, 0.29) is 18.0 Å². The third-order valence-corrected chi connectivity index (χ3v) is 2.00. The van der Waals surface area contributed by atoms with Crippen LogP contribution in [-0.2, 0) is 6.54 Å². The average molecular weight is 218 g/mol. The standard InChI is InChI=1S/C11H10N2O3/c14-9-4-1-5-12-10(9)11(15)13-7-8-3-2-6-16-8/h1-6,14H,7H2,(H,13,15). The Labute approximate surface area is 91.7 Å². The number of aromatic hydroxyl groups is 1. The Kier molecular flexibility index (Phi) is 2.86. The largest absolute Gasteiger partial charge is 0.505 e. The van der Waals surface area contributed by atoms with Crippen molar-refractivity contribution in [1.29, 1.82) is 0 Å². The van der Waals surface area contributed by atoms with Crippen LogP contribution in [0.2, 0.25) is 0 Å². The molecular formula is C11H10N2O3. The number of carbonyl (C=O) groups is 1. The first-order valence-corrected chi connectivity index (χ1v) is 4.72. The molecule has 2 N–H and O–H groups in total. The number of furan rings is 1. The summed E-state index contributed by atoms with van der Waals surface area (Å²) in [4.78, 5) is 15.4. The first-order chi connectivity index (χ1) is 7.77. The zero-order chi connectivity index (χ0) is 11.4. The van der Waals surface area contributed by atoms with Gasteiger partial charge in [0.2, 0.25) is 0 Å². The number of pyridine rings is 1. The molecule has 82 valence electrons. The van der Waals surface area contributed by atoms with Gasteiger partial charge in [-0.25, -0.2) is 4.98 Å². The number of hydrogen-bond donors (Lipinski definition) is 2. The molecule has 0 spiro atoms. The molecule has 2 aromatic rings. The number of aromatic nitrogens is 1. The van der Waals surface area contributed by atoms with Crippen LogP contribution in [-0.4, -0.2) is 16.0 Å². The fourth-order valence-corrected chi connectivity index (χ4v) is 1.24. The van der Waals surface area contributed by atoms with E-state index >= 15 is 0 Å². The molecule has 0 fully saturated rings. The molecule has 2 rings (SSSR count). The van der Waals surface area contributed by atoms with Crippen LogP contribution >= 0.6 is 0 Å². The van der Waals surface area contributed by atoms with Gasteiger partial charge in [-0.05, 0) is 24.3 Å². The zero-order valence-electron chi connectivity index (χ0n) is 8.38. The van der Waals surface area contributed by atoms with Crippen LogP contribution in [0.1, 0.15) is 16.2 Å². The first kappa shape index (κ1) is 10.2. The SMILES string of the molecule is O=C(NCc1ccco1)c1ncccc1O. The smallest absolute Gasteiger partial charge is 0.274 e. The van der Waals surface area contributed by atoms with E-state index in [4.69, 9.17) is 4.42 Å². The van der Waals surface area contributed by atoms with Crippen molar-refractivity contribution < 1.29 is 14.3 Å². The Morgan fingerprint density at radius 3 is 3.00 bits per heavy atom. The summed E-state index contributed by atoms with van der Waals surface area (Å²) in [6.45, 7) is 0.266. The molecule has 0 unspecified atom stereocenters. The number of hydrogen-bond acceptors (Lipinski definition) is 4. The first-order valence-electron chi connectivity index (χ1n) is 4.72. The second-order valence-corrected chi connectivity index (χ2v) is 3.13. The van der Waals surface area contributed by atoms with Crippen molar-refractivity contribution in [2.45, 2.75) is 6.54 Å². The van der Waals surface area contributed by atoms with Crippen LogP contribution in [0.4, 0.5) is 0 Å². The number of carbonyl (C=O) groups excluding carboxylic acids is 1. The Balaban J connectivity index is 2.01. The summed E-state index contributed by atoms with van der Waals surface area (Å²) in [5.41, 5.74) is 0.00839. The van der Waals surface area contributed by atoms with E-state index in [1.54, 1.807) is 18.2 Å². The van der Waals surface area contributed by atoms with E-state index in [0.29, 0.717) is 5.76 Å². The number of rotatable bonds is 3. The highest BCUT2D eigenvalue weighted by Crippen LogP contribution is 2.12. The van der Waals surface area contributed by atoms with E-state index in [2.05, 4.69) is 10.3 Å². The molecule has 2 aromatic heterocycles. The molecular weight excluding hydrogens is 208 g/mol. The van der Waals surface area contributed by atoms with Crippen molar-refractivity contribution in [1.82, 2.24) is 10.3 Å². The van der Waals surface area contributed by atoms with Crippen LogP contribution < -0.4 is 5.32 Å². The number of amides is 1. The molecule has 0 aromatic carbocycles. The minimum absolute atomic E-state index is 0.00839. The van der Waals surface area contributed by atoms with Gasteiger partial charge in [0.25, 0.3) is 5.91 Å². The third kappa shape index (κ3) is 2.20. The van der Waals surface area contributed by atoms with Crippen LogP contribution in [0.3, 0.4) is 0 Å². The van der Waals surface area contributed by atoms with Gasteiger partial charge in [0.05, 0.1) is 12.8 Å². The van der Waals surface area contributed by atoms with E-state index in [9.17, 15) is 9.90 Å². The third-order valence-electron chi connectivity index (χ3n) is 2.00. The van der Waals surface area contributed by atoms with Gasteiger partial charge in [-0.15, -0.1) is 0 Å². The maximum Gasteiger partial charge on any atom is 0.274 e. The highest BCUT2D eigenvalue weighted by Gasteiger charge is 2.11. The second-order valence-electron chi connectivity index (χ2n) is 3.13. The fourth-order valence-electron chi connectivity index (χ4n) is 1.24. The van der Waals surface area contributed by atoms with Crippen molar-refractivity contribution in [2.75, 3.05) is 0 Å².